The lowest BCUT2D eigenvalue weighted by molar-refractivity contribution is -0.117. The standard InChI is InChI=1S/C15H19N3O4S/c1-2-21-8-4-7-18(14(20)12-5-3-9-22-12)11-13(19)17-15-16-6-10-23-15/h3,5-6,9-10H,2,4,7-8,11H2,1H3,(H,16,17,19). The second kappa shape index (κ2) is 9.06. The molecule has 2 amide bonds. The summed E-state index contributed by atoms with van der Waals surface area (Å²) in [6, 6.07) is 3.22. The molecule has 0 radical (unpaired) electrons. The summed E-state index contributed by atoms with van der Waals surface area (Å²) in [6.45, 7) is 3.41. The molecular weight excluding hydrogens is 318 g/mol. The van der Waals surface area contributed by atoms with Crippen molar-refractivity contribution in [3.05, 3.63) is 35.7 Å². The lowest BCUT2D eigenvalue weighted by atomic mass is 10.3. The van der Waals surface area contributed by atoms with Crippen LogP contribution in [0.1, 0.15) is 23.9 Å². The second-order valence-electron chi connectivity index (χ2n) is 4.64. The van der Waals surface area contributed by atoms with Crippen LogP contribution in [0, 0.1) is 0 Å². The number of furan rings is 1. The van der Waals surface area contributed by atoms with Crippen molar-refractivity contribution >= 4 is 28.3 Å². The fourth-order valence-corrected chi connectivity index (χ4v) is 2.47. The average molecular weight is 337 g/mol. The number of thiazole rings is 1. The van der Waals surface area contributed by atoms with E-state index in [-0.39, 0.29) is 24.1 Å². The molecule has 0 atom stereocenters. The molecule has 0 aliphatic heterocycles. The van der Waals surface area contributed by atoms with Gasteiger partial charge < -0.3 is 19.4 Å². The number of carbonyl (C=O) groups is 2. The maximum Gasteiger partial charge on any atom is 0.290 e. The third-order valence-corrected chi connectivity index (χ3v) is 3.64. The molecular formula is C15H19N3O4S. The van der Waals surface area contributed by atoms with Gasteiger partial charge in [-0.25, -0.2) is 4.98 Å². The first-order valence-corrected chi connectivity index (χ1v) is 8.18. The van der Waals surface area contributed by atoms with Crippen LogP contribution < -0.4 is 5.32 Å². The van der Waals surface area contributed by atoms with E-state index in [1.165, 1.54) is 22.5 Å². The second-order valence-corrected chi connectivity index (χ2v) is 5.53. The normalized spacial score (nSPS) is 10.5. The molecule has 0 aromatic carbocycles. The van der Waals surface area contributed by atoms with Crippen molar-refractivity contribution < 1.29 is 18.7 Å². The summed E-state index contributed by atoms with van der Waals surface area (Å²) in [6.07, 6.45) is 3.68. The van der Waals surface area contributed by atoms with E-state index >= 15 is 0 Å². The zero-order valence-electron chi connectivity index (χ0n) is 12.9. The molecule has 0 aliphatic carbocycles. The number of hydrogen-bond donors (Lipinski definition) is 1. The SMILES string of the molecule is CCOCCCN(CC(=O)Nc1nccs1)C(=O)c1ccco1. The highest BCUT2D eigenvalue weighted by Crippen LogP contribution is 2.11. The van der Waals surface area contributed by atoms with Gasteiger partial charge in [-0.05, 0) is 25.5 Å². The van der Waals surface area contributed by atoms with Crippen LogP contribution in [-0.4, -0.2) is 48.0 Å². The van der Waals surface area contributed by atoms with Crippen LogP contribution in [0.2, 0.25) is 0 Å². The molecule has 2 aromatic heterocycles. The first kappa shape index (κ1) is 17.2. The van der Waals surface area contributed by atoms with E-state index in [1.54, 1.807) is 23.7 Å². The monoisotopic (exact) mass is 337 g/mol. The minimum Gasteiger partial charge on any atom is -0.459 e. The third kappa shape index (κ3) is 5.50. The lowest BCUT2D eigenvalue weighted by Gasteiger charge is -2.20. The predicted octanol–water partition coefficient (Wildman–Crippen LogP) is 2.24. The summed E-state index contributed by atoms with van der Waals surface area (Å²) < 4.78 is 10.4. The van der Waals surface area contributed by atoms with Gasteiger partial charge in [0.05, 0.1) is 6.26 Å². The quantitative estimate of drug-likeness (QED) is 0.709. The Labute approximate surface area is 138 Å². The maximum atomic E-state index is 12.4. The van der Waals surface area contributed by atoms with E-state index < -0.39 is 0 Å². The third-order valence-electron chi connectivity index (χ3n) is 2.95. The fraction of sp³-hybridized carbons (Fsp3) is 0.400. The van der Waals surface area contributed by atoms with E-state index in [0.717, 1.165) is 0 Å². The number of aromatic nitrogens is 1. The van der Waals surface area contributed by atoms with E-state index in [0.29, 0.717) is 31.3 Å². The molecule has 0 saturated heterocycles. The van der Waals surface area contributed by atoms with E-state index in [2.05, 4.69) is 10.3 Å². The molecule has 1 N–H and O–H groups in total. The average Bonchev–Trinajstić information content (AvgIpc) is 3.22. The highest BCUT2D eigenvalue weighted by molar-refractivity contribution is 7.13. The van der Waals surface area contributed by atoms with Gasteiger partial charge in [-0.1, -0.05) is 0 Å². The highest BCUT2D eigenvalue weighted by atomic mass is 32.1. The molecule has 2 heterocycles. The Bertz CT molecular complexity index is 598. The van der Waals surface area contributed by atoms with Crippen molar-refractivity contribution in [1.82, 2.24) is 9.88 Å². The van der Waals surface area contributed by atoms with Crippen LogP contribution in [-0.2, 0) is 9.53 Å². The number of nitrogens with zero attached hydrogens (tertiary/aromatic N) is 2. The minimum absolute atomic E-state index is 0.0642. The Kier molecular flexibility index (Phi) is 6.76. The summed E-state index contributed by atoms with van der Waals surface area (Å²) in [5.41, 5.74) is 0. The minimum atomic E-state index is -0.319. The van der Waals surface area contributed by atoms with Crippen LogP contribution in [0.5, 0.6) is 0 Å². The molecule has 0 spiro atoms. The molecule has 7 nitrogen and oxygen atoms in total. The van der Waals surface area contributed by atoms with Crippen LogP contribution in [0.3, 0.4) is 0 Å². The Hall–Kier alpha value is -2.19. The van der Waals surface area contributed by atoms with Crippen LogP contribution >= 0.6 is 11.3 Å². The molecule has 2 rings (SSSR count). The number of hydrogen-bond acceptors (Lipinski definition) is 6. The summed E-state index contributed by atoms with van der Waals surface area (Å²) in [5.74, 6) is -0.402. The summed E-state index contributed by atoms with van der Waals surface area (Å²) >= 11 is 1.32. The Morgan fingerprint density at radius 2 is 2.35 bits per heavy atom. The number of rotatable bonds is 9. The molecule has 0 bridgehead atoms. The van der Waals surface area contributed by atoms with Gasteiger partial charge in [0.2, 0.25) is 5.91 Å². The molecule has 0 unspecified atom stereocenters. The van der Waals surface area contributed by atoms with Gasteiger partial charge in [0, 0.05) is 31.3 Å². The zero-order valence-corrected chi connectivity index (χ0v) is 13.7. The van der Waals surface area contributed by atoms with E-state index in [1.807, 2.05) is 6.92 Å². The van der Waals surface area contributed by atoms with Crippen LogP contribution in [0.25, 0.3) is 0 Å². The summed E-state index contributed by atoms with van der Waals surface area (Å²) in [7, 11) is 0. The van der Waals surface area contributed by atoms with E-state index in [9.17, 15) is 9.59 Å². The van der Waals surface area contributed by atoms with E-state index in [4.69, 9.17) is 9.15 Å². The Balaban J connectivity index is 1.94. The summed E-state index contributed by atoms with van der Waals surface area (Å²) in [5, 5.41) is 4.94. The molecule has 23 heavy (non-hydrogen) atoms. The highest BCUT2D eigenvalue weighted by Gasteiger charge is 2.21. The zero-order chi connectivity index (χ0) is 16.5. The number of ether oxygens (including phenoxy) is 1. The first-order valence-electron chi connectivity index (χ1n) is 7.30. The number of carbonyl (C=O) groups excluding carboxylic acids is 2. The van der Waals surface area contributed by atoms with Gasteiger partial charge in [0.1, 0.15) is 6.54 Å². The van der Waals surface area contributed by atoms with Gasteiger partial charge in [-0.3, -0.25) is 9.59 Å². The van der Waals surface area contributed by atoms with Crippen LogP contribution in [0.15, 0.2) is 34.4 Å². The van der Waals surface area contributed by atoms with Gasteiger partial charge in [-0.2, -0.15) is 0 Å². The van der Waals surface area contributed by atoms with Gasteiger partial charge >= 0.3 is 0 Å². The summed E-state index contributed by atoms with van der Waals surface area (Å²) in [4.78, 5) is 29.9. The predicted molar refractivity (Wildman–Crippen MR) is 86.5 cm³/mol. The van der Waals surface area contributed by atoms with Crippen molar-refractivity contribution in [3.63, 3.8) is 0 Å². The number of nitrogens with one attached hydrogen (secondary N) is 1. The van der Waals surface area contributed by atoms with Crippen molar-refractivity contribution in [3.8, 4) is 0 Å². The first-order chi connectivity index (χ1) is 11.2. The van der Waals surface area contributed by atoms with Gasteiger partial charge in [0.25, 0.3) is 5.91 Å². The largest absolute Gasteiger partial charge is 0.459 e. The van der Waals surface area contributed by atoms with Crippen molar-refractivity contribution in [2.45, 2.75) is 13.3 Å². The maximum absolute atomic E-state index is 12.4. The van der Waals surface area contributed by atoms with Gasteiger partial charge in [-0.15, -0.1) is 11.3 Å². The van der Waals surface area contributed by atoms with Crippen molar-refractivity contribution in [2.24, 2.45) is 0 Å². The smallest absolute Gasteiger partial charge is 0.290 e. The van der Waals surface area contributed by atoms with Crippen LogP contribution in [0.4, 0.5) is 5.13 Å². The molecule has 0 fully saturated rings. The molecule has 8 heteroatoms. The Morgan fingerprint density at radius 3 is 3.00 bits per heavy atom. The Morgan fingerprint density at radius 1 is 1.48 bits per heavy atom. The molecule has 0 aliphatic rings. The van der Waals surface area contributed by atoms with Gasteiger partial charge in [0.15, 0.2) is 10.9 Å². The van der Waals surface area contributed by atoms with Crippen molar-refractivity contribution in [1.29, 1.82) is 0 Å². The van der Waals surface area contributed by atoms with Crippen molar-refractivity contribution in [2.75, 3.05) is 31.6 Å². The number of amides is 2. The lowest BCUT2D eigenvalue weighted by Crippen LogP contribution is -2.38. The fourth-order valence-electron chi connectivity index (χ4n) is 1.93. The molecule has 0 saturated carbocycles. The molecule has 124 valence electrons. The molecule has 2 aromatic rings. The number of anilines is 1. The topological polar surface area (TPSA) is 84.7 Å².